The van der Waals surface area contributed by atoms with Crippen molar-refractivity contribution >= 4 is 5.82 Å². The van der Waals surface area contributed by atoms with E-state index in [0.717, 1.165) is 72.0 Å². The molecule has 0 unspecified atom stereocenters. The van der Waals surface area contributed by atoms with Gasteiger partial charge >= 0.3 is 0 Å². The van der Waals surface area contributed by atoms with Crippen LogP contribution in [0.5, 0.6) is 5.75 Å². The van der Waals surface area contributed by atoms with Crippen LogP contribution in [0.1, 0.15) is 47.5 Å². The minimum atomic E-state index is 0.750. The number of methoxy groups -OCH3 is 1. The summed E-state index contributed by atoms with van der Waals surface area (Å²) in [5, 5.41) is 3.51. The molecule has 190 valence electrons. The minimum absolute atomic E-state index is 0.750. The Kier molecular flexibility index (Phi) is 8.73. The van der Waals surface area contributed by atoms with E-state index >= 15 is 0 Å². The van der Waals surface area contributed by atoms with Gasteiger partial charge in [0.15, 0.2) is 5.82 Å². The molecule has 0 bridgehead atoms. The number of rotatable bonds is 8. The summed E-state index contributed by atoms with van der Waals surface area (Å²) in [6, 6.07) is 25.4. The standard InChI is InChI=1S/C31H31N3O.C2H6/c1-21-9-11-24(12-10-21)19-22(2)32-31-29(17-13-23-7-5-4-6-8-23)33-30-27-16-15-26(35-3)20-25(27)14-18-28(30)34-31;1-2/h4-12,15-16,20H,2,13-14,17-19H2,1,3H3,(H,32,34);1-2H3. The van der Waals surface area contributed by atoms with Crippen LogP contribution in [0, 0.1) is 6.92 Å². The zero-order chi connectivity index (χ0) is 26.2. The number of nitrogens with zero attached hydrogens (tertiary/aromatic N) is 2. The maximum absolute atomic E-state index is 5.44. The molecule has 0 spiro atoms. The third-order valence-electron chi connectivity index (χ3n) is 6.57. The van der Waals surface area contributed by atoms with E-state index < -0.39 is 0 Å². The molecule has 4 aromatic rings. The third-order valence-corrected chi connectivity index (χ3v) is 6.57. The first kappa shape index (κ1) is 26.2. The number of allylic oxidation sites excluding steroid dienone is 1. The summed E-state index contributed by atoms with van der Waals surface area (Å²) >= 11 is 0. The van der Waals surface area contributed by atoms with Gasteiger partial charge < -0.3 is 10.1 Å². The number of hydrogen-bond donors (Lipinski definition) is 1. The number of ether oxygens (including phenoxy) is 1. The highest BCUT2D eigenvalue weighted by Gasteiger charge is 2.22. The molecule has 1 aromatic heterocycles. The number of aryl methyl sites for hydroxylation is 5. The molecular formula is C33H37N3O. The maximum Gasteiger partial charge on any atom is 0.152 e. The maximum atomic E-state index is 5.44. The van der Waals surface area contributed by atoms with E-state index in [1.807, 2.05) is 19.9 Å². The van der Waals surface area contributed by atoms with Gasteiger partial charge in [0.05, 0.1) is 24.2 Å². The topological polar surface area (TPSA) is 47.0 Å². The zero-order valence-corrected chi connectivity index (χ0v) is 22.5. The van der Waals surface area contributed by atoms with Crippen molar-refractivity contribution < 1.29 is 4.74 Å². The fraction of sp³-hybridized carbons (Fsp3) is 0.273. The van der Waals surface area contributed by atoms with Gasteiger partial charge in [0, 0.05) is 17.7 Å². The first-order valence-corrected chi connectivity index (χ1v) is 13.2. The number of nitrogens with one attached hydrogen (secondary N) is 1. The highest BCUT2D eigenvalue weighted by Crippen LogP contribution is 2.35. The molecule has 0 radical (unpaired) electrons. The molecule has 0 aliphatic heterocycles. The fourth-order valence-corrected chi connectivity index (χ4v) is 4.63. The van der Waals surface area contributed by atoms with E-state index in [-0.39, 0.29) is 0 Å². The molecule has 4 heteroatoms. The monoisotopic (exact) mass is 491 g/mol. The predicted octanol–water partition coefficient (Wildman–Crippen LogP) is 7.54. The SMILES string of the molecule is C=C(Cc1ccc(C)cc1)Nc1nc2c(nc1CCc1ccccc1)-c1ccc(OC)cc1CC2.CC. The first-order valence-electron chi connectivity index (χ1n) is 13.2. The first-order chi connectivity index (χ1) is 18.1. The van der Waals surface area contributed by atoms with Gasteiger partial charge in [-0.05, 0) is 67.5 Å². The quantitative estimate of drug-likeness (QED) is 0.277. The van der Waals surface area contributed by atoms with Gasteiger partial charge in [-0.2, -0.15) is 0 Å². The molecule has 0 saturated carbocycles. The molecule has 1 aliphatic rings. The van der Waals surface area contributed by atoms with Crippen molar-refractivity contribution in [3.05, 3.63) is 119 Å². The average Bonchev–Trinajstić information content (AvgIpc) is 2.94. The van der Waals surface area contributed by atoms with Crippen molar-refractivity contribution in [2.45, 2.75) is 52.9 Å². The predicted molar refractivity (Wildman–Crippen MR) is 154 cm³/mol. The highest BCUT2D eigenvalue weighted by molar-refractivity contribution is 5.71. The normalized spacial score (nSPS) is 11.5. The molecule has 1 heterocycles. The second-order valence-corrected chi connectivity index (χ2v) is 9.21. The summed E-state index contributed by atoms with van der Waals surface area (Å²) in [4.78, 5) is 10.3. The van der Waals surface area contributed by atoms with Crippen LogP contribution >= 0.6 is 0 Å². The van der Waals surface area contributed by atoms with Crippen LogP contribution in [0.2, 0.25) is 0 Å². The zero-order valence-electron chi connectivity index (χ0n) is 22.5. The molecule has 0 saturated heterocycles. The van der Waals surface area contributed by atoms with Crippen LogP contribution in [-0.2, 0) is 32.1 Å². The second kappa shape index (κ2) is 12.4. The van der Waals surface area contributed by atoms with Crippen molar-refractivity contribution in [2.24, 2.45) is 0 Å². The Morgan fingerprint density at radius 1 is 0.892 bits per heavy atom. The lowest BCUT2D eigenvalue weighted by Crippen LogP contribution is -2.15. The molecule has 37 heavy (non-hydrogen) atoms. The lowest BCUT2D eigenvalue weighted by molar-refractivity contribution is 0.414. The molecule has 4 nitrogen and oxygen atoms in total. The third kappa shape index (κ3) is 6.45. The van der Waals surface area contributed by atoms with Crippen LogP contribution in [0.4, 0.5) is 5.82 Å². The molecule has 5 rings (SSSR count). The summed E-state index contributed by atoms with van der Waals surface area (Å²) < 4.78 is 5.44. The van der Waals surface area contributed by atoms with E-state index in [9.17, 15) is 0 Å². The Morgan fingerprint density at radius 2 is 1.65 bits per heavy atom. The smallest absolute Gasteiger partial charge is 0.152 e. The summed E-state index contributed by atoms with van der Waals surface area (Å²) in [6.45, 7) is 10.4. The van der Waals surface area contributed by atoms with E-state index in [0.29, 0.717) is 0 Å². The van der Waals surface area contributed by atoms with Gasteiger partial charge in [-0.15, -0.1) is 0 Å². The van der Waals surface area contributed by atoms with Crippen LogP contribution < -0.4 is 10.1 Å². The van der Waals surface area contributed by atoms with Crippen LogP contribution in [0.3, 0.4) is 0 Å². The molecule has 1 aliphatic carbocycles. The Balaban J connectivity index is 0.00000156. The van der Waals surface area contributed by atoms with E-state index in [2.05, 4.69) is 85.5 Å². The van der Waals surface area contributed by atoms with Gasteiger partial charge in [0.25, 0.3) is 0 Å². The summed E-state index contributed by atoms with van der Waals surface area (Å²) in [7, 11) is 1.71. The van der Waals surface area contributed by atoms with Crippen LogP contribution in [0.15, 0.2) is 85.1 Å². The molecule has 0 fully saturated rings. The van der Waals surface area contributed by atoms with Gasteiger partial charge in [0.2, 0.25) is 0 Å². The van der Waals surface area contributed by atoms with Crippen LogP contribution in [-0.4, -0.2) is 17.1 Å². The van der Waals surface area contributed by atoms with Gasteiger partial charge in [-0.1, -0.05) is 80.6 Å². The summed E-state index contributed by atoms with van der Waals surface area (Å²) in [6.07, 6.45) is 4.25. The minimum Gasteiger partial charge on any atom is -0.497 e. The number of fused-ring (bicyclic) bond motifs is 3. The fourth-order valence-electron chi connectivity index (χ4n) is 4.63. The van der Waals surface area contributed by atoms with Gasteiger partial charge in [-0.3, -0.25) is 0 Å². The highest BCUT2D eigenvalue weighted by atomic mass is 16.5. The number of benzene rings is 3. The van der Waals surface area contributed by atoms with Crippen molar-refractivity contribution in [1.82, 2.24) is 9.97 Å². The van der Waals surface area contributed by atoms with Crippen molar-refractivity contribution in [3.63, 3.8) is 0 Å². The Morgan fingerprint density at radius 3 is 2.38 bits per heavy atom. The molecular weight excluding hydrogens is 454 g/mol. The van der Waals surface area contributed by atoms with Crippen molar-refractivity contribution in [2.75, 3.05) is 12.4 Å². The molecule has 0 amide bonds. The Labute approximate surface area is 221 Å². The summed E-state index contributed by atoms with van der Waals surface area (Å²) in [5.41, 5.74) is 10.1. The Bertz CT molecular complexity index is 1340. The number of hydrogen-bond acceptors (Lipinski definition) is 4. The van der Waals surface area contributed by atoms with E-state index in [1.54, 1.807) is 7.11 Å². The van der Waals surface area contributed by atoms with Crippen LogP contribution in [0.25, 0.3) is 11.3 Å². The largest absolute Gasteiger partial charge is 0.497 e. The van der Waals surface area contributed by atoms with Gasteiger partial charge in [0.1, 0.15) is 5.75 Å². The van der Waals surface area contributed by atoms with Crippen molar-refractivity contribution in [3.8, 4) is 17.0 Å². The number of anilines is 1. The number of aromatic nitrogens is 2. The second-order valence-electron chi connectivity index (χ2n) is 9.21. The molecule has 0 atom stereocenters. The lowest BCUT2D eigenvalue weighted by Gasteiger charge is -2.22. The Hall–Kier alpha value is -3.92. The van der Waals surface area contributed by atoms with Crippen molar-refractivity contribution in [1.29, 1.82) is 0 Å². The summed E-state index contributed by atoms with van der Waals surface area (Å²) in [5.74, 6) is 1.71. The lowest BCUT2D eigenvalue weighted by atomic mass is 9.91. The van der Waals surface area contributed by atoms with E-state index in [1.165, 1.54) is 22.3 Å². The molecule has 3 aromatic carbocycles. The van der Waals surface area contributed by atoms with Gasteiger partial charge in [-0.25, -0.2) is 9.97 Å². The van der Waals surface area contributed by atoms with E-state index in [4.69, 9.17) is 14.7 Å². The average molecular weight is 492 g/mol. The molecule has 1 N–H and O–H groups in total.